The van der Waals surface area contributed by atoms with E-state index in [0.717, 1.165) is 25.9 Å². The van der Waals surface area contributed by atoms with Gasteiger partial charge in [-0.15, -0.1) is 5.06 Å². The van der Waals surface area contributed by atoms with Crippen molar-refractivity contribution in [2.24, 2.45) is 0 Å². The Morgan fingerprint density at radius 2 is 1.35 bits per heavy atom. The number of hydrogen-bond donors (Lipinski definition) is 0. The first-order valence-electron chi connectivity index (χ1n) is 9.93. The van der Waals surface area contributed by atoms with Gasteiger partial charge < -0.3 is 4.84 Å². The van der Waals surface area contributed by atoms with Crippen molar-refractivity contribution >= 4 is 5.97 Å². The second-order valence-corrected chi connectivity index (χ2v) is 6.73. The smallest absolute Gasteiger partial charge is 0.325 e. The maximum Gasteiger partial charge on any atom is 0.325 e. The highest BCUT2D eigenvalue weighted by atomic mass is 16.7. The van der Waals surface area contributed by atoms with E-state index in [9.17, 15) is 4.79 Å². The molecule has 1 aliphatic rings. The zero-order chi connectivity index (χ0) is 16.6. The molecule has 3 heteroatoms. The Balaban J connectivity index is 1.71. The van der Waals surface area contributed by atoms with Gasteiger partial charge in [-0.3, -0.25) is 4.79 Å². The summed E-state index contributed by atoms with van der Waals surface area (Å²) in [4.78, 5) is 16.4. The third-order valence-electron chi connectivity index (χ3n) is 4.28. The molecule has 0 radical (unpaired) electrons. The summed E-state index contributed by atoms with van der Waals surface area (Å²) in [5.74, 6) is -0.0554. The van der Waals surface area contributed by atoms with Crippen LogP contribution in [0.25, 0.3) is 0 Å². The first-order chi connectivity index (χ1) is 11.3. The third-order valence-corrected chi connectivity index (χ3v) is 4.28. The fourth-order valence-corrected chi connectivity index (χ4v) is 2.66. The Hall–Kier alpha value is -0.830. The maximum absolute atomic E-state index is 11.4. The van der Waals surface area contributed by atoms with Crippen LogP contribution in [0, 0.1) is 0 Å². The van der Waals surface area contributed by atoms with Crippen LogP contribution in [0.3, 0.4) is 0 Å². The zero-order valence-electron chi connectivity index (χ0n) is 15.2. The van der Waals surface area contributed by atoms with Gasteiger partial charge in [0.05, 0.1) is 13.1 Å². The Labute approximate surface area is 143 Å². The monoisotopic (exact) mass is 323 g/mol. The molecule has 0 aromatic rings. The lowest BCUT2D eigenvalue weighted by atomic mass is 10.1. The number of rotatable bonds is 16. The van der Waals surface area contributed by atoms with Crippen LogP contribution in [0.1, 0.15) is 96.8 Å². The summed E-state index contributed by atoms with van der Waals surface area (Å²) in [6.45, 7) is 4.10. The van der Waals surface area contributed by atoms with Crippen molar-refractivity contribution in [2.45, 2.75) is 96.8 Å². The van der Waals surface area contributed by atoms with E-state index in [1.54, 1.807) is 5.06 Å². The third kappa shape index (κ3) is 14.5. The molecule has 0 saturated carbocycles. The number of hydroxylamine groups is 2. The standard InChI is InChI=1S/C20H37NO2/c1-2-3-4-5-6-7-8-9-10-11-12-13-14-15-16-17-20(22)23-21-18-19-21/h9-10H,2-8,11-19H2,1H3/b10-9-. The fourth-order valence-electron chi connectivity index (χ4n) is 2.66. The van der Waals surface area contributed by atoms with Crippen LogP contribution in [0.2, 0.25) is 0 Å². The first kappa shape index (κ1) is 20.2. The summed E-state index contributed by atoms with van der Waals surface area (Å²) >= 11 is 0. The molecule has 3 nitrogen and oxygen atoms in total. The minimum absolute atomic E-state index is 0.0554. The molecular formula is C20H37NO2. The Kier molecular flexibility index (Phi) is 13.0. The highest BCUT2D eigenvalue weighted by molar-refractivity contribution is 5.69. The molecule has 1 rings (SSSR count). The van der Waals surface area contributed by atoms with Gasteiger partial charge in [0.15, 0.2) is 0 Å². The van der Waals surface area contributed by atoms with Crippen LogP contribution in [-0.4, -0.2) is 24.1 Å². The highest BCUT2D eigenvalue weighted by Crippen LogP contribution is 2.11. The SMILES string of the molecule is CCCCCCCC/C=C\CCCCCCCC(=O)ON1CC1. The summed E-state index contributed by atoms with van der Waals surface area (Å²) in [6.07, 6.45) is 22.0. The molecular weight excluding hydrogens is 286 g/mol. The fraction of sp³-hybridized carbons (Fsp3) is 0.850. The van der Waals surface area contributed by atoms with Gasteiger partial charge in [-0.2, -0.15) is 0 Å². The van der Waals surface area contributed by atoms with Crippen LogP contribution in [0.5, 0.6) is 0 Å². The van der Waals surface area contributed by atoms with E-state index in [-0.39, 0.29) is 5.97 Å². The molecule has 0 aromatic carbocycles. The quantitative estimate of drug-likeness (QED) is 0.204. The van der Waals surface area contributed by atoms with Crippen LogP contribution in [0.15, 0.2) is 12.2 Å². The van der Waals surface area contributed by atoms with Crippen molar-refractivity contribution < 1.29 is 9.63 Å². The Morgan fingerprint density at radius 1 is 0.826 bits per heavy atom. The van der Waals surface area contributed by atoms with E-state index in [1.807, 2.05) is 0 Å². The topological polar surface area (TPSA) is 29.3 Å². The predicted octanol–water partition coefficient (Wildman–Crippen LogP) is 5.80. The minimum Gasteiger partial charge on any atom is -0.368 e. The van der Waals surface area contributed by atoms with E-state index in [2.05, 4.69) is 19.1 Å². The number of unbranched alkanes of at least 4 members (excludes halogenated alkanes) is 11. The van der Waals surface area contributed by atoms with Gasteiger partial charge in [-0.25, -0.2) is 0 Å². The van der Waals surface area contributed by atoms with Crippen LogP contribution >= 0.6 is 0 Å². The van der Waals surface area contributed by atoms with E-state index in [0.29, 0.717) is 6.42 Å². The molecule has 23 heavy (non-hydrogen) atoms. The molecule has 0 N–H and O–H groups in total. The van der Waals surface area contributed by atoms with Crippen molar-refractivity contribution in [1.29, 1.82) is 0 Å². The zero-order valence-corrected chi connectivity index (χ0v) is 15.2. The number of nitrogens with zero attached hydrogens (tertiary/aromatic N) is 1. The number of carbonyl (C=O) groups excluding carboxylic acids is 1. The lowest BCUT2D eigenvalue weighted by molar-refractivity contribution is -0.166. The second-order valence-electron chi connectivity index (χ2n) is 6.73. The van der Waals surface area contributed by atoms with Crippen molar-refractivity contribution in [1.82, 2.24) is 5.06 Å². The van der Waals surface area contributed by atoms with Gasteiger partial charge in [0.25, 0.3) is 0 Å². The van der Waals surface area contributed by atoms with Crippen molar-refractivity contribution in [2.75, 3.05) is 13.1 Å². The lowest BCUT2D eigenvalue weighted by Crippen LogP contribution is -2.08. The first-order valence-corrected chi connectivity index (χ1v) is 9.93. The van der Waals surface area contributed by atoms with Gasteiger partial charge >= 0.3 is 5.97 Å². The molecule has 0 unspecified atom stereocenters. The van der Waals surface area contributed by atoms with Crippen molar-refractivity contribution in [3.63, 3.8) is 0 Å². The highest BCUT2D eigenvalue weighted by Gasteiger charge is 2.21. The number of carbonyl (C=O) groups is 1. The van der Waals surface area contributed by atoms with E-state index in [4.69, 9.17) is 4.84 Å². The molecule has 0 amide bonds. The average Bonchev–Trinajstić information content (AvgIpc) is 3.35. The lowest BCUT2D eigenvalue weighted by Gasteiger charge is -2.03. The van der Waals surface area contributed by atoms with Gasteiger partial charge in [-0.1, -0.05) is 70.4 Å². The van der Waals surface area contributed by atoms with Crippen LogP contribution in [-0.2, 0) is 9.63 Å². The molecule has 0 aromatic heterocycles. The number of allylic oxidation sites excluding steroid dienone is 2. The minimum atomic E-state index is -0.0554. The van der Waals surface area contributed by atoms with Gasteiger partial charge in [0.1, 0.15) is 0 Å². The molecule has 0 aliphatic carbocycles. The van der Waals surface area contributed by atoms with Gasteiger partial charge in [0, 0.05) is 6.42 Å². The summed E-state index contributed by atoms with van der Waals surface area (Å²) in [5, 5.41) is 1.71. The van der Waals surface area contributed by atoms with Gasteiger partial charge in [0.2, 0.25) is 0 Å². The summed E-state index contributed by atoms with van der Waals surface area (Å²) in [7, 11) is 0. The largest absolute Gasteiger partial charge is 0.368 e. The van der Waals surface area contributed by atoms with E-state index < -0.39 is 0 Å². The normalized spacial score (nSPS) is 14.5. The number of hydrogen-bond acceptors (Lipinski definition) is 3. The Morgan fingerprint density at radius 3 is 1.91 bits per heavy atom. The van der Waals surface area contributed by atoms with E-state index in [1.165, 1.54) is 70.6 Å². The molecule has 134 valence electrons. The summed E-state index contributed by atoms with van der Waals surface area (Å²) in [6, 6.07) is 0. The molecule has 1 heterocycles. The Bertz CT molecular complexity index is 311. The average molecular weight is 324 g/mol. The van der Waals surface area contributed by atoms with Gasteiger partial charge in [-0.05, 0) is 32.1 Å². The van der Waals surface area contributed by atoms with Crippen molar-refractivity contribution in [3.05, 3.63) is 12.2 Å². The molecule has 1 aliphatic heterocycles. The molecule has 0 atom stereocenters. The maximum atomic E-state index is 11.4. The molecule has 0 spiro atoms. The summed E-state index contributed by atoms with van der Waals surface area (Å²) in [5.41, 5.74) is 0. The second kappa shape index (κ2) is 14.7. The summed E-state index contributed by atoms with van der Waals surface area (Å²) < 4.78 is 0. The van der Waals surface area contributed by atoms with E-state index >= 15 is 0 Å². The predicted molar refractivity (Wildman–Crippen MR) is 97.1 cm³/mol. The van der Waals surface area contributed by atoms with Crippen LogP contribution < -0.4 is 0 Å². The molecule has 1 saturated heterocycles. The van der Waals surface area contributed by atoms with Crippen molar-refractivity contribution in [3.8, 4) is 0 Å². The molecule has 1 fully saturated rings. The molecule has 0 bridgehead atoms. The van der Waals surface area contributed by atoms with Crippen LogP contribution in [0.4, 0.5) is 0 Å².